The summed E-state index contributed by atoms with van der Waals surface area (Å²) in [7, 11) is 0. The summed E-state index contributed by atoms with van der Waals surface area (Å²) < 4.78 is 8.37. The number of nitrogens with zero attached hydrogens (tertiary/aromatic N) is 3. The Labute approximate surface area is 213 Å². The third kappa shape index (κ3) is 4.75. The maximum Gasteiger partial charge on any atom is 0.227 e. The first-order chi connectivity index (χ1) is 17.4. The van der Waals surface area contributed by atoms with Crippen molar-refractivity contribution in [2.24, 2.45) is 0 Å². The molecule has 186 valence electrons. The fourth-order valence-electron chi connectivity index (χ4n) is 5.25. The second-order valence-corrected chi connectivity index (χ2v) is 10.0. The summed E-state index contributed by atoms with van der Waals surface area (Å²) in [5, 5.41) is 0. The van der Waals surface area contributed by atoms with Crippen LogP contribution >= 0.6 is 0 Å². The van der Waals surface area contributed by atoms with Crippen LogP contribution in [0.4, 0.5) is 5.69 Å². The number of carbonyl (C=O) groups excluding carboxylic acids is 1. The zero-order valence-corrected chi connectivity index (χ0v) is 21.7. The lowest BCUT2D eigenvalue weighted by atomic mass is 9.99. The van der Waals surface area contributed by atoms with Crippen LogP contribution in [0.5, 0.6) is 5.75 Å². The summed E-state index contributed by atoms with van der Waals surface area (Å²) in [6.45, 7) is 10.5. The minimum absolute atomic E-state index is 0.0421. The third-order valence-electron chi connectivity index (χ3n) is 7.46. The molecule has 2 unspecified atom stereocenters. The highest BCUT2D eigenvalue weighted by Gasteiger charge is 2.35. The van der Waals surface area contributed by atoms with Crippen molar-refractivity contribution in [1.82, 2.24) is 9.55 Å². The second kappa shape index (κ2) is 10.2. The van der Waals surface area contributed by atoms with Crippen molar-refractivity contribution in [3.05, 3.63) is 89.2 Å². The number of aryl methyl sites for hydroxylation is 2. The van der Waals surface area contributed by atoms with Crippen LogP contribution in [0.15, 0.2) is 66.7 Å². The average molecular weight is 482 g/mol. The van der Waals surface area contributed by atoms with Gasteiger partial charge in [0.25, 0.3) is 0 Å². The Hall–Kier alpha value is -3.60. The number of carbonyl (C=O) groups is 1. The molecule has 0 N–H and O–H groups in total. The summed E-state index contributed by atoms with van der Waals surface area (Å²) in [6, 6.07) is 22.9. The highest BCUT2D eigenvalue weighted by atomic mass is 16.5. The minimum atomic E-state index is 0.0421. The molecule has 36 heavy (non-hydrogen) atoms. The average Bonchev–Trinajstić information content (AvgIpc) is 3.44. The van der Waals surface area contributed by atoms with Gasteiger partial charge in [-0.3, -0.25) is 4.79 Å². The van der Waals surface area contributed by atoms with Crippen LogP contribution in [0.3, 0.4) is 0 Å². The maximum absolute atomic E-state index is 13.1. The Kier molecular flexibility index (Phi) is 6.82. The van der Waals surface area contributed by atoms with Crippen LogP contribution in [0.1, 0.15) is 61.0 Å². The molecule has 4 aromatic rings. The van der Waals surface area contributed by atoms with Crippen molar-refractivity contribution in [3.63, 3.8) is 0 Å². The van der Waals surface area contributed by atoms with Crippen molar-refractivity contribution < 1.29 is 9.53 Å². The Morgan fingerprint density at radius 2 is 1.83 bits per heavy atom. The normalized spacial score (nSPS) is 16.6. The van der Waals surface area contributed by atoms with Crippen LogP contribution in [-0.2, 0) is 11.3 Å². The van der Waals surface area contributed by atoms with Crippen molar-refractivity contribution in [1.29, 1.82) is 0 Å². The molecule has 0 radical (unpaired) electrons. The van der Waals surface area contributed by atoms with Crippen LogP contribution in [0.2, 0.25) is 0 Å². The number of para-hydroxylation sites is 2. The van der Waals surface area contributed by atoms with E-state index in [0.29, 0.717) is 32.0 Å². The molecule has 0 aliphatic carbocycles. The summed E-state index contributed by atoms with van der Waals surface area (Å²) in [5.74, 6) is 2.59. The van der Waals surface area contributed by atoms with E-state index in [1.165, 1.54) is 11.1 Å². The largest absolute Gasteiger partial charge is 0.492 e. The summed E-state index contributed by atoms with van der Waals surface area (Å²) in [4.78, 5) is 20.0. The lowest BCUT2D eigenvalue weighted by Crippen LogP contribution is -2.25. The summed E-state index contributed by atoms with van der Waals surface area (Å²) in [6.07, 6.45) is 1.59. The van der Waals surface area contributed by atoms with Crippen LogP contribution in [0, 0.1) is 13.8 Å². The van der Waals surface area contributed by atoms with Gasteiger partial charge >= 0.3 is 0 Å². The molecule has 1 aliphatic rings. The highest BCUT2D eigenvalue weighted by Crippen LogP contribution is 2.34. The molecule has 5 nitrogen and oxygen atoms in total. The second-order valence-electron chi connectivity index (χ2n) is 10.0. The number of ether oxygens (including phenoxy) is 1. The molecule has 1 saturated heterocycles. The minimum Gasteiger partial charge on any atom is -0.492 e. The van der Waals surface area contributed by atoms with Crippen molar-refractivity contribution in [3.8, 4) is 5.75 Å². The zero-order chi connectivity index (χ0) is 25.2. The zero-order valence-electron chi connectivity index (χ0n) is 21.7. The Morgan fingerprint density at radius 3 is 2.58 bits per heavy atom. The molecule has 0 bridgehead atoms. The number of imidazole rings is 1. The predicted octanol–water partition coefficient (Wildman–Crippen LogP) is 6.77. The van der Waals surface area contributed by atoms with Gasteiger partial charge in [0.15, 0.2) is 0 Å². The van der Waals surface area contributed by atoms with Gasteiger partial charge in [-0.1, -0.05) is 55.8 Å². The maximum atomic E-state index is 13.1. The third-order valence-corrected chi connectivity index (χ3v) is 7.46. The van der Waals surface area contributed by atoms with Crippen molar-refractivity contribution >= 4 is 22.6 Å². The van der Waals surface area contributed by atoms with E-state index < -0.39 is 0 Å². The first-order valence-corrected chi connectivity index (χ1v) is 13.0. The molecule has 0 saturated carbocycles. The fourth-order valence-corrected chi connectivity index (χ4v) is 5.25. The molecule has 2 atom stereocenters. The van der Waals surface area contributed by atoms with E-state index in [1.54, 1.807) is 0 Å². The monoisotopic (exact) mass is 481 g/mol. The van der Waals surface area contributed by atoms with Gasteiger partial charge < -0.3 is 14.2 Å². The molecule has 0 spiro atoms. The molecule has 2 heterocycles. The van der Waals surface area contributed by atoms with E-state index in [1.807, 2.05) is 23.1 Å². The first-order valence-electron chi connectivity index (χ1n) is 13.0. The molecule has 1 fully saturated rings. The highest BCUT2D eigenvalue weighted by molar-refractivity contribution is 5.97. The van der Waals surface area contributed by atoms with Gasteiger partial charge in [0.05, 0.1) is 17.6 Å². The van der Waals surface area contributed by atoms with Gasteiger partial charge in [0.2, 0.25) is 5.91 Å². The van der Waals surface area contributed by atoms with Crippen molar-refractivity contribution in [2.45, 2.75) is 58.9 Å². The Bertz CT molecular complexity index is 1370. The van der Waals surface area contributed by atoms with E-state index in [9.17, 15) is 4.79 Å². The molecule has 5 heteroatoms. The SMILES string of the molecule is CCC(C)c1ccc(OCCn2c(C3CC(=O)N(c4ccc(C)cc4C)C3)nc3ccccc32)cc1. The van der Waals surface area contributed by atoms with Crippen LogP contribution in [-0.4, -0.2) is 28.6 Å². The Balaban J connectivity index is 1.35. The lowest BCUT2D eigenvalue weighted by molar-refractivity contribution is -0.117. The molecule has 1 aliphatic heterocycles. The number of hydrogen-bond donors (Lipinski definition) is 0. The van der Waals surface area contributed by atoms with Gasteiger partial charge in [-0.05, 0) is 67.6 Å². The topological polar surface area (TPSA) is 47.4 Å². The summed E-state index contributed by atoms with van der Waals surface area (Å²) in [5.41, 5.74) is 6.72. The van der Waals surface area contributed by atoms with Crippen molar-refractivity contribution in [2.75, 3.05) is 18.1 Å². The molecular weight excluding hydrogens is 446 g/mol. The number of aromatic nitrogens is 2. The van der Waals surface area contributed by atoms with Gasteiger partial charge in [-0.2, -0.15) is 0 Å². The number of hydrogen-bond acceptors (Lipinski definition) is 3. The van der Waals surface area contributed by atoms with E-state index in [4.69, 9.17) is 9.72 Å². The fraction of sp³-hybridized carbons (Fsp3) is 0.355. The van der Waals surface area contributed by atoms with Gasteiger partial charge in [0, 0.05) is 24.6 Å². The van der Waals surface area contributed by atoms with Gasteiger partial charge in [-0.15, -0.1) is 0 Å². The molecule has 1 amide bonds. The number of fused-ring (bicyclic) bond motifs is 1. The standard InChI is InChI=1S/C31H35N3O2/c1-5-22(3)24-11-13-26(14-12-24)36-17-16-33-29-9-7-6-8-27(29)32-31(33)25-19-30(35)34(20-25)28-15-10-21(2)18-23(28)4/h6-15,18,22,25H,5,16-17,19-20H2,1-4H3. The van der Waals surface area contributed by atoms with Gasteiger partial charge in [-0.25, -0.2) is 4.98 Å². The lowest BCUT2D eigenvalue weighted by Gasteiger charge is -2.20. The van der Waals surface area contributed by atoms with Gasteiger partial charge in [0.1, 0.15) is 18.2 Å². The molecule has 3 aromatic carbocycles. The van der Waals surface area contributed by atoms with E-state index in [-0.39, 0.29) is 11.8 Å². The first kappa shape index (κ1) is 24.1. The van der Waals surface area contributed by atoms with E-state index >= 15 is 0 Å². The van der Waals surface area contributed by atoms with Crippen LogP contribution < -0.4 is 9.64 Å². The molecule has 5 rings (SSSR count). The predicted molar refractivity (Wildman–Crippen MR) is 146 cm³/mol. The van der Waals surface area contributed by atoms with Crippen LogP contribution in [0.25, 0.3) is 11.0 Å². The van der Waals surface area contributed by atoms with E-state index in [2.05, 4.69) is 80.8 Å². The smallest absolute Gasteiger partial charge is 0.227 e. The summed E-state index contributed by atoms with van der Waals surface area (Å²) >= 11 is 0. The quantitative estimate of drug-likeness (QED) is 0.279. The Morgan fingerprint density at radius 1 is 1.06 bits per heavy atom. The molecule has 1 aromatic heterocycles. The van der Waals surface area contributed by atoms with E-state index in [0.717, 1.165) is 40.3 Å². The number of anilines is 1. The number of rotatable bonds is 8. The number of amides is 1. The number of benzene rings is 3. The molecular formula is C31H35N3O2.